The molecule has 0 aliphatic rings. The monoisotopic (exact) mass is 343 g/mol. The highest BCUT2D eigenvalue weighted by Gasteiger charge is 2.21. The van der Waals surface area contributed by atoms with Crippen LogP contribution < -0.4 is 10.5 Å². The average molecular weight is 343 g/mol. The number of benzene rings is 2. The molecule has 0 amide bonds. The van der Waals surface area contributed by atoms with Crippen molar-refractivity contribution in [1.82, 2.24) is 0 Å². The van der Waals surface area contributed by atoms with Crippen LogP contribution in [0.5, 0.6) is 5.75 Å². The van der Waals surface area contributed by atoms with Crippen LogP contribution in [0.15, 0.2) is 59.8 Å². The van der Waals surface area contributed by atoms with Crippen LogP contribution in [0.2, 0.25) is 0 Å². The van der Waals surface area contributed by atoms with E-state index >= 15 is 0 Å². The summed E-state index contributed by atoms with van der Waals surface area (Å²) in [7, 11) is 0. The standard InChI is InChI=1S/C17H17N3O5/c1-2-15(24-14-6-4-3-5-7-14)17(21)25-19-16(18)12-8-10-13(11-9-12)20(22)23/h3-11,15H,2H2,1H3,(H2,18,19)/t15-/m1/s1. The van der Waals surface area contributed by atoms with Crippen LogP contribution in [0, 0.1) is 10.1 Å². The molecule has 0 aromatic heterocycles. The average Bonchev–Trinajstić information content (AvgIpc) is 2.64. The highest BCUT2D eigenvalue weighted by Crippen LogP contribution is 2.14. The van der Waals surface area contributed by atoms with Gasteiger partial charge in [0.15, 0.2) is 11.9 Å². The maximum atomic E-state index is 12.1. The maximum Gasteiger partial charge on any atom is 0.375 e. The third-order valence-electron chi connectivity index (χ3n) is 3.26. The number of non-ortho nitro benzene ring substituents is 1. The molecule has 0 spiro atoms. The van der Waals surface area contributed by atoms with Gasteiger partial charge in [-0.2, -0.15) is 0 Å². The smallest absolute Gasteiger partial charge is 0.375 e. The molecule has 0 heterocycles. The summed E-state index contributed by atoms with van der Waals surface area (Å²) in [4.78, 5) is 27.0. The van der Waals surface area contributed by atoms with E-state index in [9.17, 15) is 14.9 Å². The number of nitrogens with zero attached hydrogens (tertiary/aromatic N) is 2. The summed E-state index contributed by atoms with van der Waals surface area (Å²) in [6.07, 6.45) is -0.434. The number of hydrogen-bond donors (Lipinski definition) is 1. The van der Waals surface area contributed by atoms with Crippen molar-refractivity contribution in [2.75, 3.05) is 0 Å². The van der Waals surface area contributed by atoms with Crippen molar-refractivity contribution < 1.29 is 19.3 Å². The Morgan fingerprint density at radius 1 is 1.20 bits per heavy atom. The van der Waals surface area contributed by atoms with Gasteiger partial charge in [-0.15, -0.1) is 0 Å². The van der Waals surface area contributed by atoms with Gasteiger partial charge in [-0.25, -0.2) is 4.79 Å². The molecule has 0 aliphatic heterocycles. The molecule has 25 heavy (non-hydrogen) atoms. The molecule has 0 unspecified atom stereocenters. The minimum absolute atomic E-state index is 0.0715. The maximum absolute atomic E-state index is 12.1. The van der Waals surface area contributed by atoms with E-state index in [0.29, 0.717) is 17.7 Å². The third kappa shape index (κ3) is 5.03. The molecule has 1 atom stereocenters. The van der Waals surface area contributed by atoms with Crippen LogP contribution in [0.1, 0.15) is 18.9 Å². The van der Waals surface area contributed by atoms with Gasteiger partial charge in [-0.05, 0) is 30.7 Å². The molecule has 0 aliphatic carbocycles. The second-order valence-electron chi connectivity index (χ2n) is 5.02. The van der Waals surface area contributed by atoms with E-state index in [0.717, 1.165) is 0 Å². The number of nitro benzene ring substituents is 1. The molecule has 0 saturated heterocycles. The first-order valence-electron chi connectivity index (χ1n) is 7.52. The molecule has 0 bridgehead atoms. The normalized spacial score (nSPS) is 12.3. The molecule has 0 fully saturated rings. The van der Waals surface area contributed by atoms with Gasteiger partial charge in [-0.3, -0.25) is 10.1 Å². The first kappa shape index (κ1) is 17.9. The van der Waals surface area contributed by atoms with Crippen LogP contribution >= 0.6 is 0 Å². The highest BCUT2D eigenvalue weighted by atomic mass is 16.7. The number of rotatable bonds is 7. The molecule has 0 radical (unpaired) electrons. The second kappa shape index (κ2) is 8.44. The summed E-state index contributed by atoms with van der Waals surface area (Å²) in [6, 6.07) is 14.3. The molecule has 8 nitrogen and oxygen atoms in total. The van der Waals surface area contributed by atoms with Crippen LogP contribution in [0.3, 0.4) is 0 Å². The molecular formula is C17H17N3O5. The molecule has 2 rings (SSSR count). The van der Waals surface area contributed by atoms with E-state index in [-0.39, 0.29) is 11.5 Å². The summed E-state index contributed by atoms with van der Waals surface area (Å²) in [5, 5.41) is 14.2. The molecule has 130 valence electrons. The molecular weight excluding hydrogens is 326 g/mol. The number of carbonyl (C=O) groups excluding carboxylic acids is 1. The van der Waals surface area contributed by atoms with Crippen LogP contribution in [-0.4, -0.2) is 22.8 Å². The Kier molecular flexibility index (Phi) is 6.05. The minimum atomic E-state index is -0.823. The topological polar surface area (TPSA) is 117 Å². The number of hydrogen-bond acceptors (Lipinski definition) is 6. The fraction of sp³-hybridized carbons (Fsp3) is 0.176. The van der Waals surface area contributed by atoms with Gasteiger partial charge in [0, 0.05) is 17.7 Å². The highest BCUT2D eigenvalue weighted by molar-refractivity contribution is 5.97. The third-order valence-corrected chi connectivity index (χ3v) is 3.26. The van der Waals surface area contributed by atoms with Gasteiger partial charge in [0.1, 0.15) is 5.75 Å². The number of oxime groups is 1. The summed E-state index contributed by atoms with van der Waals surface area (Å²) in [5.74, 6) is -0.215. The van der Waals surface area contributed by atoms with E-state index in [4.69, 9.17) is 15.3 Å². The zero-order valence-corrected chi connectivity index (χ0v) is 13.5. The predicted octanol–water partition coefficient (Wildman–Crippen LogP) is 2.62. The number of nitro groups is 1. The van der Waals surface area contributed by atoms with Crippen molar-refractivity contribution in [1.29, 1.82) is 0 Å². The van der Waals surface area contributed by atoms with Gasteiger partial charge in [0.25, 0.3) is 5.69 Å². The van der Waals surface area contributed by atoms with Gasteiger partial charge >= 0.3 is 5.97 Å². The van der Waals surface area contributed by atoms with E-state index in [1.807, 2.05) is 6.07 Å². The molecule has 2 aromatic rings. The van der Waals surface area contributed by atoms with Crippen molar-refractivity contribution in [3.05, 3.63) is 70.3 Å². The number of para-hydroxylation sites is 1. The Morgan fingerprint density at radius 2 is 1.84 bits per heavy atom. The lowest BCUT2D eigenvalue weighted by Gasteiger charge is -2.14. The zero-order valence-electron chi connectivity index (χ0n) is 13.5. The lowest BCUT2D eigenvalue weighted by Crippen LogP contribution is -2.28. The quantitative estimate of drug-likeness (QED) is 0.271. The van der Waals surface area contributed by atoms with E-state index in [2.05, 4.69) is 5.16 Å². The predicted molar refractivity (Wildman–Crippen MR) is 91.1 cm³/mol. The van der Waals surface area contributed by atoms with Crippen molar-refractivity contribution in [2.45, 2.75) is 19.4 Å². The summed E-state index contributed by atoms with van der Waals surface area (Å²) < 4.78 is 5.55. The summed E-state index contributed by atoms with van der Waals surface area (Å²) in [5.41, 5.74) is 6.05. The van der Waals surface area contributed by atoms with Crippen LogP contribution in [0.4, 0.5) is 5.69 Å². The number of ether oxygens (including phenoxy) is 1. The molecule has 2 N–H and O–H groups in total. The lowest BCUT2D eigenvalue weighted by atomic mass is 10.2. The van der Waals surface area contributed by atoms with Gasteiger partial charge < -0.3 is 15.3 Å². The van der Waals surface area contributed by atoms with Crippen molar-refractivity contribution in [3.8, 4) is 5.75 Å². The molecule has 2 aromatic carbocycles. The van der Waals surface area contributed by atoms with Crippen LogP contribution in [0.25, 0.3) is 0 Å². The lowest BCUT2D eigenvalue weighted by molar-refractivity contribution is -0.384. The van der Waals surface area contributed by atoms with Gasteiger partial charge in [0.05, 0.1) is 4.92 Å². The van der Waals surface area contributed by atoms with Crippen molar-refractivity contribution >= 4 is 17.5 Å². The summed E-state index contributed by atoms with van der Waals surface area (Å²) >= 11 is 0. The Bertz CT molecular complexity index is 760. The zero-order chi connectivity index (χ0) is 18.2. The molecule has 0 saturated carbocycles. The Morgan fingerprint density at radius 3 is 2.40 bits per heavy atom. The van der Waals surface area contributed by atoms with Crippen LogP contribution in [-0.2, 0) is 9.63 Å². The number of amidine groups is 1. The van der Waals surface area contributed by atoms with E-state index < -0.39 is 17.0 Å². The number of nitrogens with two attached hydrogens (primary N) is 1. The van der Waals surface area contributed by atoms with E-state index in [1.54, 1.807) is 31.2 Å². The Labute approximate surface area is 144 Å². The molecule has 8 heteroatoms. The SMILES string of the molecule is CC[C@@H](Oc1ccccc1)C(=O)O/N=C(/N)c1ccc([N+](=O)[O-])cc1. The van der Waals surface area contributed by atoms with Gasteiger partial charge in [-0.1, -0.05) is 30.3 Å². The Balaban J connectivity index is 2.00. The van der Waals surface area contributed by atoms with E-state index in [1.165, 1.54) is 24.3 Å². The largest absolute Gasteiger partial charge is 0.479 e. The first-order chi connectivity index (χ1) is 12.0. The fourth-order valence-corrected chi connectivity index (χ4v) is 1.92. The Hall–Kier alpha value is -3.42. The first-order valence-corrected chi connectivity index (χ1v) is 7.52. The van der Waals surface area contributed by atoms with Crippen molar-refractivity contribution in [3.63, 3.8) is 0 Å². The van der Waals surface area contributed by atoms with Gasteiger partial charge in [0.2, 0.25) is 0 Å². The fourth-order valence-electron chi connectivity index (χ4n) is 1.92. The van der Waals surface area contributed by atoms with Crippen molar-refractivity contribution in [2.24, 2.45) is 10.9 Å². The summed E-state index contributed by atoms with van der Waals surface area (Å²) in [6.45, 7) is 1.78. The minimum Gasteiger partial charge on any atom is -0.479 e. The number of carbonyl (C=O) groups is 1. The second-order valence-corrected chi connectivity index (χ2v) is 5.02.